The molecular weight excluding hydrogens is 288 g/mol. The van der Waals surface area contributed by atoms with E-state index >= 15 is 0 Å². The van der Waals surface area contributed by atoms with Crippen LogP contribution in [0.15, 0.2) is 12.1 Å². The maximum Gasteiger partial charge on any atom is 0.261 e. The van der Waals surface area contributed by atoms with Gasteiger partial charge >= 0.3 is 0 Å². The maximum atomic E-state index is 11.9. The number of ether oxygens (including phenoxy) is 1. The van der Waals surface area contributed by atoms with Crippen LogP contribution >= 0.6 is 11.3 Å². The number of hydrogen-bond donors (Lipinski definition) is 1. The molecule has 116 valence electrons. The molecule has 0 aliphatic carbocycles. The van der Waals surface area contributed by atoms with E-state index in [0.29, 0.717) is 16.3 Å². The zero-order valence-corrected chi connectivity index (χ0v) is 13.2. The Morgan fingerprint density at radius 2 is 1.95 bits per heavy atom. The van der Waals surface area contributed by atoms with Crippen molar-refractivity contribution in [3.05, 3.63) is 21.9 Å². The summed E-state index contributed by atoms with van der Waals surface area (Å²) in [6, 6.07) is 3.42. The number of nitrogens with zero attached hydrogens (tertiary/aromatic N) is 1. The van der Waals surface area contributed by atoms with Gasteiger partial charge in [0, 0.05) is 19.6 Å². The van der Waals surface area contributed by atoms with Crippen molar-refractivity contribution in [2.24, 2.45) is 0 Å². The fourth-order valence-corrected chi connectivity index (χ4v) is 3.04. The monoisotopic (exact) mass is 310 g/mol. The quantitative estimate of drug-likeness (QED) is 0.616. The summed E-state index contributed by atoms with van der Waals surface area (Å²) < 4.78 is 5.30. The number of morpholine rings is 1. The van der Waals surface area contributed by atoms with E-state index in [0.717, 1.165) is 45.7 Å². The molecule has 1 N–H and O–H groups in total. The van der Waals surface area contributed by atoms with Crippen molar-refractivity contribution in [2.45, 2.75) is 19.8 Å². The third-order valence-electron chi connectivity index (χ3n) is 3.47. The van der Waals surface area contributed by atoms with E-state index in [1.54, 1.807) is 12.1 Å². The number of ketones is 1. The van der Waals surface area contributed by atoms with E-state index in [1.807, 2.05) is 0 Å². The third kappa shape index (κ3) is 5.22. The Balaban J connectivity index is 1.61. The second-order valence-electron chi connectivity index (χ2n) is 5.14. The van der Waals surface area contributed by atoms with E-state index in [1.165, 1.54) is 18.3 Å². The minimum atomic E-state index is -0.0844. The Labute approximate surface area is 129 Å². The minimum absolute atomic E-state index is 0.00422. The highest BCUT2D eigenvalue weighted by atomic mass is 32.1. The molecule has 2 heterocycles. The summed E-state index contributed by atoms with van der Waals surface area (Å²) in [6.45, 7) is 6.92. The normalized spacial score (nSPS) is 15.9. The van der Waals surface area contributed by atoms with Crippen molar-refractivity contribution >= 4 is 23.0 Å². The standard InChI is InChI=1S/C15H22N2O3S/c1-12(18)13-4-5-14(21-13)15(19)16-6-2-3-7-17-8-10-20-11-9-17/h4-5H,2-3,6-11H2,1H3,(H,16,19). The van der Waals surface area contributed by atoms with Gasteiger partial charge in [0.2, 0.25) is 0 Å². The lowest BCUT2D eigenvalue weighted by molar-refractivity contribution is 0.0372. The number of carbonyl (C=O) groups is 2. The molecular formula is C15H22N2O3S. The average molecular weight is 310 g/mol. The van der Waals surface area contributed by atoms with Gasteiger partial charge in [-0.15, -0.1) is 11.3 Å². The Morgan fingerprint density at radius 1 is 1.24 bits per heavy atom. The Hall–Kier alpha value is -1.24. The fraction of sp³-hybridized carbons (Fsp3) is 0.600. The second kappa shape index (κ2) is 8.26. The molecule has 0 radical (unpaired) electrons. The smallest absolute Gasteiger partial charge is 0.261 e. The molecule has 0 bridgehead atoms. The summed E-state index contributed by atoms with van der Waals surface area (Å²) in [6.07, 6.45) is 2.04. The Kier molecular flexibility index (Phi) is 6.35. The first-order chi connectivity index (χ1) is 10.2. The molecule has 1 fully saturated rings. The topological polar surface area (TPSA) is 58.6 Å². The van der Waals surface area contributed by atoms with Crippen LogP contribution in [0.5, 0.6) is 0 Å². The SMILES string of the molecule is CC(=O)c1ccc(C(=O)NCCCCN2CCOCC2)s1. The highest BCUT2D eigenvalue weighted by Gasteiger charge is 2.11. The maximum absolute atomic E-state index is 11.9. The zero-order chi connectivity index (χ0) is 15.1. The van der Waals surface area contributed by atoms with Gasteiger partial charge < -0.3 is 10.1 Å². The van der Waals surface area contributed by atoms with E-state index in [-0.39, 0.29) is 11.7 Å². The highest BCUT2D eigenvalue weighted by Crippen LogP contribution is 2.16. The fourth-order valence-electron chi connectivity index (χ4n) is 2.22. The van der Waals surface area contributed by atoms with Crippen molar-refractivity contribution in [3.8, 4) is 0 Å². The van der Waals surface area contributed by atoms with Crippen molar-refractivity contribution in [2.75, 3.05) is 39.4 Å². The van der Waals surface area contributed by atoms with E-state index < -0.39 is 0 Å². The molecule has 0 aromatic carbocycles. The third-order valence-corrected chi connectivity index (χ3v) is 4.65. The molecule has 1 aliphatic rings. The van der Waals surface area contributed by atoms with Crippen LogP contribution in [0.25, 0.3) is 0 Å². The van der Waals surface area contributed by atoms with Gasteiger partial charge in [-0.2, -0.15) is 0 Å². The number of nitrogens with one attached hydrogen (secondary N) is 1. The van der Waals surface area contributed by atoms with E-state index in [4.69, 9.17) is 4.74 Å². The van der Waals surface area contributed by atoms with Gasteiger partial charge in [0.1, 0.15) is 0 Å². The van der Waals surface area contributed by atoms with Gasteiger partial charge in [-0.25, -0.2) is 0 Å². The molecule has 1 amide bonds. The first kappa shape index (κ1) is 16.1. The van der Waals surface area contributed by atoms with Gasteiger partial charge in [-0.3, -0.25) is 14.5 Å². The molecule has 0 unspecified atom stereocenters. The van der Waals surface area contributed by atoms with Crippen LogP contribution in [0.4, 0.5) is 0 Å². The molecule has 6 heteroatoms. The van der Waals surface area contributed by atoms with Gasteiger partial charge in [0.25, 0.3) is 5.91 Å². The Bertz CT molecular complexity index is 481. The predicted octanol–water partition coefficient (Wildman–Crippen LogP) is 1.79. The molecule has 5 nitrogen and oxygen atoms in total. The average Bonchev–Trinajstić information content (AvgIpc) is 2.98. The second-order valence-corrected chi connectivity index (χ2v) is 6.22. The number of unbranched alkanes of at least 4 members (excludes halogenated alkanes) is 1. The minimum Gasteiger partial charge on any atom is -0.379 e. The lowest BCUT2D eigenvalue weighted by Gasteiger charge is -2.26. The summed E-state index contributed by atoms with van der Waals surface area (Å²) in [5, 5.41) is 2.91. The van der Waals surface area contributed by atoms with Gasteiger partial charge in [-0.1, -0.05) is 0 Å². The summed E-state index contributed by atoms with van der Waals surface area (Å²) in [5.74, 6) is -0.0802. The van der Waals surface area contributed by atoms with Crippen LogP contribution in [0.3, 0.4) is 0 Å². The zero-order valence-electron chi connectivity index (χ0n) is 12.4. The van der Waals surface area contributed by atoms with Gasteiger partial charge in [-0.05, 0) is 38.4 Å². The van der Waals surface area contributed by atoms with Crippen LogP contribution in [-0.4, -0.2) is 56.0 Å². The number of amides is 1. The predicted molar refractivity (Wildman–Crippen MR) is 83.1 cm³/mol. The molecule has 1 aliphatic heterocycles. The number of carbonyl (C=O) groups excluding carboxylic acids is 2. The summed E-state index contributed by atoms with van der Waals surface area (Å²) >= 11 is 1.25. The Morgan fingerprint density at radius 3 is 2.62 bits per heavy atom. The molecule has 21 heavy (non-hydrogen) atoms. The molecule has 0 atom stereocenters. The lowest BCUT2D eigenvalue weighted by atomic mass is 10.2. The summed E-state index contributed by atoms with van der Waals surface area (Å²) in [5.41, 5.74) is 0. The summed E-state index contributed by atoms with van der Waals surface area (Å²) in [4.78, 5) is 26.7. The van der Waals surface area contributed by atoms with Crippen molar-refractivity contribution < 1.29 is 14.3 Å². The van der Waals surface area contributed by atoms with Crippen molar-refractivity contribution in [3.63, 3.8) is 0 Å². The number of Topliss-reactive ketones (excluding diaryl/α,β-unsaturated/α-hetero) is 1. The van der Waals surface area contributed by atoms with Crippen molar-refractivity contribution in [1.29, 1.82) is 0 Å². The molecule has 0 saturated carbocycles. The molecule has 1 aromatic heterocycles. The van der Waals surface area contributed by atoms with Gasteiger partial charge in [0.05, 0.1) is 23.0 Å². The number of rotatable bonds is 7. The lowest BCUT2D eigenvalue weighted by Crippen LogP contribution is -2.37. The van der Waals surface area contributed by atoms with Crippen LogP contribution in [0.1, 0.15) is 39.1 Å². The molecule has 2 rings (SSSR count). The first-order valence-electron chi connectivity index (χ1n) is 7.36. The van der Waals surface area contributed by atoms with Gasteiger partial charge in [0.15, 0.2) is 5.78 Å². The largest absolute Gasteiger partial charge is 0.379 e. The highest BCUT2D eigenvalue weighted by molar-refractivity contribution is 7.15. The molecule has 0 spiro atoms. The molecule has 1 aromatic rings. The number of thiophene rings is 1. The van der Waals surface area contributed by atoms with Crippen LogP contribution < -0.4 is 5.32 Å². The van der Waals surface area contributed by atoms with Crippen molar-refractivity contribution in [1.82, 2.24) is 10.2 Å². The summed E-state index contributed by atoms with van der Waals surface area (Å²) in [7, 11) is 0. The van der Waals surface area contributed by atoms with Crippen LogP contribution in [0.2, 0.25) is 0 Å². The van der Waals surface area contributed by atoms with E-state index in [2.05, 4.69) is 10.2 Å². The number of hydrogen-bond acceptors (Lipinski definition) is 5. The van der Waals surface area contributed by atoms with Crippen LogP contribution in [-0.2, 0) is 4.74 Å². The molecule has 1 saturated heterocycles. The first-order valence-corrected chi connectivity index (χ1v) is 8.17. The van der Waals surface area contributed by atoms with E-state index in [9.17, 15) is 9.59 Å². The van der Waals surface area contributed by atoms with Crippen LogP contribution in [0, 0.1) is 0 Å².